The highest BCUT2D eigenvalue weighted by Gasteiger charge is 2.28. The van der Waals surface area contributed by atoms with Crippen molar-refractivity contribution in [2.45, 2.75) is 37.5 Å². The number of hydrogen-bond acceptors (Lipinski definition) is 3. The number of carbonyl (C=O) groups excluding carboxylic acids is 1. The third kappa shape index (κ3) is 4.93. The van der Waals surface area contributed by atoms with Gasteiger partial charge in [-0.05, 0) is 61.6 Å². The summed E-state index contributed by atoms with van der Waals surface area (Å²) in [6.07, 6.45) is 3.46. The number of carbonyl (C=O) groups is 1. The molecule has 1 N–H and O–H groups in total. The number of piperidine rings is 1. The molecule has 0 radical (unpaired) electrons. The van der Waals surface area contributed by atoms with Crippen LogP contribution in [0.15, 0.2) is 47.4 Å². The van der Waals surface area contributed by atoms with E-state index in [0.29, 0.717) is 42.2 Å². The predicted molar refractivity (Wildman–Crippen MR) is 111 cm³/mol. The fourth-order valence-corrected chi connectivity index (χ4v) is 5.36. The Bertz CT molecular complexity index is 954. The van der Waals surface area contributed by atoms with Crippen LogP contribution in [0.1, 0.15) is 40.7 Å². The van der Waals surface area contributed by atoms with Crippen LogP contribution in [0.5, 0.6) is 0 Å². The summed E-state index contributed by atoms with van der Waals surface area (Å²) < 4.78 is 27.5. The molecule has 0 bridgehead atoms. The van der Waals surface area contributed by atoms with E-state index in [4.69, 9.17) is 11.6 Å². The second-order valence-corrected chi connectivity index (χ2v) is 9.42. The molecule has 0 aromatic heterocycles. The summed E-state index contributed by atoms with van der Waals surface area (Å²) >= 11 is 5.97. The minimum absolute atomic E-state index is 0.219. The molecule has 0 saturated carbocycles. The smallest absolute Gasteiger partial charge is 0.251 e. The van der Waals surface area contributed by atoms with Gasteiger partial charge in [0.25, 0.3) is 5.91 Å². The van der Waals surface area contributed by atoms with Crippen molar-refractivity contribution >= 4 is 27.5 Å². The van der Waals surface area contributed by atoms with Crippen LogP contribution < -0.4 is 5.32 Å². The molecule has 3 rings (SSSR count). The van der Waals surface area contributed by atoms with Crippen molar-refractivity contribution in [2.24, 2.45) is 0 Å². The first-order chi connectivity index (χ1) is 13.4. The maximum Gasteiger partial charge on any atom is 0.251 e. The Kier molecular flexibility index (Phi) is 6.75. The predicted octanol–water partition coefficient (Wildman–Crippen LogP) is 3.80. The minimum Gasteiger partial charge on any atom is -0.352 e. The van der Waals surface area contributed by atoms with Crippen LogP contribution in [0.3, 0.4) is 0 Å². The number of nitrogens with one attached hydrogen (secondary N) is 1. The topological polar surface area (TPSA) is 66.5 Å². The molecule has 1 aliphatic rings. The lowest BCUT2D eigenvalue weighted by Crippen LogP contribution is -2.36. The summed E-state index contributed by atoms with van der Waals surface area (Å²) in [5.41, 5.74) is 2.04. The third-order valence-electron chi connectivity index (χ3n) is 4.97. The van der Waals surface area contributed by atoms with Crippen molar-refractivity contribution in [1.29, 1.82) is 0 Å². The maximum atomic E-state index is 13.0. The molecule has 0 unspecified atom stereocenters. The number of nitrogens with zero attached hydrogens (tertiary/aromatic N) is 1. The number of sulfonamides is 1. The molecule has 28 heavy (non-hydrogen) atoms. The molecule has 5 nitrogen and oxygen atoms in total. The highest BCUT2D eigenvalue weighted by atomic mass is 35.5. The monoisotopic (exact) mass is 420 g/mol. The molecule has 0 spiro atoms. The molecule has 150 valence electrons. The molecule has 2 aromatic rings. The standard InChI is InChI=1S/C21H25ClN2O3S/c1-16-8-9-18(15-20(16)28(26,27)24-12-3-2-4-13-24)21(25)23-11-10-17-6-5-7-19(22)14-17/h5-9,14-15H,2-4,10-13H2,1H3,(H,23,25). The van der Waals surface area contributed by atoms with Gasteiger partial charge in [-0.2, -0.15) is 4.31 Å². The molecule has 2 aromatic carbocycles. The lowest BCUT2D eigenvalue weighted by molar-refractivity contribution is 0.0954. The Labute approximate surface area is 171 Å². The van der Waals surface area contributed by atoms with Crippen LogP contribution >= 0.6 is 11.6 Å². The Balaban J connectivity index is 1.70. The van der Waals surface area contributed by atoms with Crippen molar-refractivity contribution in [1.82, 2.24) is 9.62 Å². The van der Waals surface area contributed by atoms with E-state index < -0.39 is 10.0 Å². The van der Waals surface area contributed by atoms with Gasteiger partial charge >= 0.3 is 0 Å². The number of halogens is 1. The van der Waals surface area contributed by atoms with E-state index in [1.165, 1.54) is 10.4 Å². The van der Waals surface area contributed by atoms with Crippen molar-refractivity contribution in [3.05, 3.63) is 64.2 Å². The van der Waals surface area contributed by atoms with Gasteiger partial charge in [0, 0.05) is 30.2 Å². The van der Waals surface area contributed by atoms with Gasteiger partial charge in [0.05, 0.1) is 4.90 Å². The summed E-state index contributed by atoms with van der Waals surface area (Å²) in [6, 6.07) is 12.4. The highest BCUT2D eigenvalue weighted by molar-refractivity contribution is 7.89. The van der Waals surface area contributed by atoms with E-state index in [2.05, 4.69) is 5.32 Å². The maximum absolute atomic E-state index is 13.0. The van der Waals surface area contributed by atoms with E-state index in [-0.39, 0.29) is 10.8 Å². The molecule has 7 heteroatoms. The molecule has 0 aliphatic carbocycles. The molecule has 1 amide bonds. The number of benzene rings is 2. The van der Waals surface area contributed by atoms with Crippen LogP contribution in [-0.2, 0) is 16.4 Å². The van der Waals surface area contributed by atoms with E-state index in [1.807, 2.05) is 18.2 Å². The fourth-order valence-electron chi connectivity index (χ4n) is 3.38. The highest BCUT2D eigenvalue weighted by Crippen LogP contribution is 2.24. The van der Waals surface area contributed by atoms with Gasteiger partial charge in [-0.15, -0.1) is 0 Å². The second-order valence-electron chi connectivity index (χ2n) is 7.08. The number of rotatable bonds is 6. The van der Waals surface area contributed by atoms with Crippen LogP contribution in [0.25, 0.3) is 0 Å². The average molecular weight is 421 g/mol. The summed E-state index contributed by atoms with van der Waals surface area (Å²) in [4.78, 5) is 12.7. The zero-order valence-electron chi connectivity index (χ0n) is 15.9. The van der Waals surface area contributed by atoms with E-state index >= 15 is 0 Å². The molecule has 0 atom stereocenters. The molecule has 1 aliphatic heterocycles. The lowest BCUT2D eigenvalue weighted by atomic mass is 10.1. The van der Waals surface area contributed by atoms with Crippen molar-refractivity contribution < 1.29 is 13.2 Å². The van der Waals surface area contributed by atoms with Gasteiger partial charge in [0.1, 0.15) is 0 Å². The van der Waals surface area contributed by atoms with Gasteiger partial charge in [-0.3, -0.25) is 4.79 Å². The van der Waals surface area contributed by atoms with Crippen LogP contribution in [0.4, 0.5) is 0 Å². The van der Waals surface area contributed by atoms with Crippen LogP contribution in [-0.4, -0.2) is 38.3 Å². The Hall–Kier alpha value is -1.89. The fraction of sp³-hybridized carbons (Fsp3) is 0.381. The van der Waals surface area contributed by atoms with Crippen LogP contribution in [0, 0.1) is 6.92 Å². The minimum atomic E-state index is -3.58. The number of aryl methyl sites for hydroxylation is 1. The largest absolute Gasteiger partial charge is 0.352 e. The Morgan fingerprint density at radius 3 is 2.57 bits per heavy atom. The summed E-state index contributed by atoms with van der Waals surface area (Å²) in [5.74, 6) is -0.280. The normalized spacial score (nSPS) is 15.4. The van der Waals surface area contributed by atoms with Gasteiger partial charge in [0.15, 0.2) is 0 Å². The molecular formula is C21H25ClN2O3S. The van der Waals surface area contributed by atoms with Gasteiger partial charge < -0.3 is 5.32 Å². The SMILES string of the molecule is Cc1ccc(C(=O)NCCc2cccc(Cl)c2)cc1S(=O)(=O)N1CCCCC1. The third-order valence-corrected chi connectivity index (χ3v) is 7.25. The van der Waals surface area contributed by atoms with Crippen molar-refractivity contribution in [3.63, 3.8) is 0 Å². The zero-order valence-corrected chi connectivity index (χ0v) is 17.5. The van der Waals surface area contributed by atoms with Crippen molar-refractivity contribution in [3.8, 4) is 0 Å². The van der Waals surface area contributed by atoms with Gasteiger partial charge in [-0.1, -0.05) is 36.2 Å². The Morgan fingerprint density at radius 1 is 1.11 bits per heavy atom. The zero-order chi connectivity index (χ0) is 20.1. The lowest BCUT2D eigenvalue weighted by Gasteiger charge is -2.26. The Morgan fingerprint density at radius 2 is 1.86 bits per heavy atom. The first-order valence-electron chi connectivity index (χ1n) is 9.51. The average Bonchev–Trinajstić information content (AvgIpc) is 2.69. The van der Waals surface area contributed by atoms with Gasteiger partial charge in [0.2, 0.25) is 10.0 Å². The van der Waals surface area contributed by atoms with E-state index in [9.17, 15) is 13.2 Å². The molecular weight excluding hydrogens is 396 g/mol. The first-order valence-corrected chi connectivity index (χ1v) is 11.3. The summed E-state index contributed by atoms with van der Waals surface area (Å²) in [5, 5.41) is 3.52. The van der Waals surface area contributed by atoms with Crippen molar-refractivity contribution in [2.75, 3.05) is 19.6 Å². The van der Waals surface area contributed by atoms with Crippen LogP contribution in [0.2, 0.25) is 5.02 Å². The number of hydrogen-bond donors (Lipinski definition) is 1. The van der Waals surface area contributed by atoms with E-state index in [0.717, 1.165) is 24.8 Å². The quantitative estimate of drug-likeness (QED) is 0.772. The molecule has 1 fully saturated rings. The summed E-state index contributed by atoms with van der Waals surface area (Å²) in [7, 11) is -3.58. The molecule has 1 saturated heterocycles. The van der Waals surface area contributed by atoms with Gasteiger partial charge in [-0.25, -0.2) is 8.42 Å². The first kappa shape index (κ1) is 20.8. The second kappa shape index (κ2) is 9.07. The summed E-state index contributed by atoms with van der Waals surface area (Å²) in [6.45, 7) is 3.29. The van der Waals surface area contributed by atoms with E-state index in [1.54, 1.807) is 25.1 Å². The molecule has 1 heterocycles. The number of amides is 1.